The molecule has 1 aromatic heterocycles. The third kappa shape index (κ3) is 3.97. The lowest BCUT2D eigenvalue weighted by atomic mass is 9.96. The third-order valence-corrected chi connectivity index (χ3v) is 3.37. The van der Waals surface area contributed by atoms with Crippen molar-refractivity contribution in [2.45, 2.75) is 26.2 Å². The van der Waals surface area contributed by atoms with Gasteiger partial charge in [0, 0.05) is 17.5 Å². The summed E-state index contributed by atoms with van der Waals surface area (Å²) in [5, 5.41) is 0.878. The SMILES string of the molecule is CC(C)(C)c1nc(NN)cc(Oc2ccc(Cl)c(Cl)c2)n1. The Hall–Kier alpha value is -1.56. The molecule has 0 radical (unpaired) electrons. The van der Waals surface area contributed by atoms with E-state index in [2.05, 4.69) is 15.4 Å². The molecule has 0 saturated heterocycles. The molecule has 5 nitrogen and oxygen atoms in total. The van der Waals surface area contributed by atoms with Gasteiger partial charge in [-0.15, -0.1) is 0 Å². The van der Waals surface area contributed by atoms with Crippen molar-refractivity contribution in [3.63, 3.8) is 0 Å². The van der Waals surface area contributed by atoms with Gasteiger partial charge in [0.25, 0.3) is 0 Å². The Kier molecular flexibility index (Phi) is 4.56. The van der Waals surface area contributed by atoms with Gasteiger partial charge in [0.05, 0.1) is 10.0 Å². The number of halogens is 2. The Labute approximate surface area is 133 Å². The maximum Gasteiger partial charge on any atom is 0.224 e. The van der Waals surface area contributed by atoms with Gasteiger partial charge in [-0.05, 0) is 12.1 Å². The number of rotatable bonds is 3. The first kappa shape index (κ1) is 15.8. The predicted octanol–water partition coefficient (Wildman–Crippen LogP) is 4.16. The van der Waals surface area contributed by atoms with E-state index in [-0.39, 0.29) is 5.41 Å². The summed E-state index contributed by atoms with van der Waals surface area (Å²) in [7, 11) is 0. The van der Waals surface area contributed by atoms with E-state index in [9.17, 15) is 0 Å². The molecule has 0 amide bonds. The zero-order valence-electron chi connectivity index (χ0n) is 11.9. The van der Waals surface area contributed by atoms with Crippen LogP contribution in [0.15, 0.2) is 24.3 Å². The van der Waals surface area contributed by atoms with E-state index in [0.717, 1.165) is 0 Å². The van der Waals surface area contributed by atoms with Crippen LogP contribution in [0.5, 0.6) is 11.6 Å². The molecule has 3 N–H and O–H groups in total. The van der Waals surface area contributed by atoms with Gasteiger partial charge in [-0.3, -0.25) is 0 Å². The summed E-state index contributed by atoms with van der Waals surface area (Å²) < 4.78 is 5.70. The minimum atomic E-state index is -0.234. The second-order valence-corrected chi connectivity index (χ2v) is 6.30. The Morgan fingerprint density at radius 1 is 1.10 bits per heavy atom. The van der Waals surface area contributed by atoms with E-state index in [0.29, 0.717) is 33.3 Å². The first-order valence-electron chi connectivity index (χ1n) is 6.28. The van der Waals surface area contributed by atoms with Gasteiger partial charge in [0.1, 0.15) is 17.4 Å². The smallest absolute Gasteiger partial charge is 0.224 e. The first-order chi connectivity index (χ1) is 9.79. The second-order valence-electron chi connectivity index (χ2n) is 5.49. The van der Waals surface area contributed by atoms with Crippen LogP contribution in [0.1, 0.15) is 26.6 Å². The number of hydrazine groups is 1. The third-order valence-electron chi connectivity index (χ3n) is 2.63. The van der Waals surface area contributed by atoms with Crippen molar-refractivity contribution < 1.29 is 4.74 Å². The van der Waals surface area contributed by atoms with Crippen LogP contribution in [0.4, 0.5) is 5.82 Å². The van der Waals surface area contributed by atoms with Gasteiger partial charge in [-0.25, -0.2) is 10.8 Å². The molecule has 1 aromatic carbocycles. The van der Waals surface area contributed by atoms with Crippen molar-refractivity contribution in [2.24, 2.45) is 5.84 Å². The standard InChI is InChI=1S/C14H16Cl2N4O/c1-14(2,3)13-18-11(20-17)7-12(19-13)21-8-4-5-9(15)10(16)6-8/h4-7H,17H2,1-3H3,(H,18,19,20). The quantitative estimate of drug-likeness (QED) is 0.654. The van der Waals surface area contributed by atoms with Crippen LogP contribution in [0.2, 0.25) is 10.0 Å². The van der Waals surface area contributed by atoms with Gasteiger partial charge in [0.2, 0.25) is 5.88 Å². The van der Waals surface area contributed by atoms with Crippen molar-refractivity contribution in [1.82, 2.24) is 9.97 Å². The first-order valence-corrected chi connectivity index (χ1v) is 7.04. The summed E-state index contributed by atoms with van der Waals surface area (Å²) in [6, 6.07) is 6.60. The number of nitrogens with one attached hydrogen (secondary N) is 1. The Morgan fingerprint density at radius 2 is 1.81 bits per heavy atom. The van der Waals surface area contributed by atoms with E-state index in [1.807, 2.05) is 20.8 Å². The lowest BCUT2D eigenvalue weighted by molar-refractivity contribution is 0.446. The molecule has 0 unspecified atom stereocenters. The zero-order valence-corrected chi connectivity index (χ0v) is 13.5. The van der Waals surface area contributed by atoms with Crippen molar-refractivity contribution in [3.8, 4) is 11.6 Å². The second kappa shape index (κ2) is 6.05. The maximum absolute atomic E-state index is 5.97. The van der Waals surface area contributed by atoms with Crippen LogP contribution in [0, 0.1) is 0 Å². The number of nitrogen functional groups attached to an aromatic ring is 1. The van der Waals surface area contributed by atoms with Gasteiger partial charge in [-0.2, -0.15) is 4.98 Å². The van der Waals surface area contributed by atoms with Crippen LogP contribution in [-0.2, 0) is 5.41 Å². The summed E-state index contributed by atoms with van der Waals surface area (Å²) >= 11 is 11.8. The lowest BCUT2D eigenvalue weighted by Gasteiger charge is -2.18. The number of benzene rings is 1. The van der Waals surface area contributed by atoms with Gasteiger partial charge >= 0.3 is 0 Å². The van der Waals surface area contributed by atoms with Gasteiger partial charge < -0.3 is 10.2 Å². The average Bonchev–Trinajstić information content (AvgIpc) is 2.41. The number of hydrogen-bond acceptors (Lipinski definition) is 5. The molecular formula is C14H16Cl2N4O. The van der Waals surface area contributed by atoms with Crippen LogP contribution in [-0.4, -0.2) is 9.97 Å². The fraction of sp³-hybridized carbons (Fsp3) is 0.286. The molecule has 0 saturated carbocycles. The summed E-state index contributed by atoms with van der Waals surface area (Å²) in [6.45, 7) is 6.02. The summed E-state index contributed by atoms with van der Waals surface area (Å²) in [4.78, 5) is 8.72. The van der Waals surface area contributed by atoms with Crippen LogP contribution in [0.25, 0.3) is 0 Å². The normalized spacial score (nSPS) is 11.3. The molecule has 7 heteroatoms. The molecule has 0 aliphatic heterocycles. The summed E-state index contributed by atoms with van der Waals surface area (Å²) in [5.41, 5.74) is 2.27. The molecule has 0 atom stereocenters. The molecule has 21 heavy (non-hydrogen) atoms. The lowest BCUT2D eigenvalue weighted by Crippen LogP contribution is -2.19. The number of ether oxygens (including phenoxy) is 1. The molecule has 2 rings (SSSR count). The molecule has 0 bridgehead atoms. The zero-order chi connectivity index (χ0) is 15.6. The molecule has 0 spiro atoms. The predicted molar refractivity (Wildman–Crippen MR) is 85.1 cm³/mol. The molecule has 0 fully saturated rings. The number of aromatic nitrogens is 2. The molecule has 112 valence electrons. The van der Waals surface area contributed by atoms with E-state index < -0.39 is 0 Å². The highest BCUT2D eigenvalue weighted by Gasteiger charge is 2.19. The largest absolute Gasteiger partial charge is 0.439 e. The van der Waals surface area contributed by atoms with Gasteiger partial charge in [0.15, 0.2) is 0 Å². The molecule has 0 aliphatic rings. The topological polar surface area (TPSA) is 73.1 Å². The van der Waals surface area contributed by atoms with Crippen molar-refractivity contribution in [3.05, 3.63) is 40.1 Å². The highest BCUT2D eigenvalue weighted by Crippen LogP contribution is 2.30. The van der Waals surface area contributed by atoms with E-state index >= 15 is 0 Å². The van der Waals surface area contributed by atoms with E-state index in [4.69, 9.17) is 33.8 Å². The minimum absolute atomic E-state index is 0.234. The van der Waals surface area contributed by atoms with Crippen molar-refractivity contribution >= 4 is 29.0 Å². The highest BCUT2D eigenvalue weighted by atomic mass is 35.5. The fourth-order valence-electron chi connectivity index (χ4n) is 1.55. The number of anilines is 1. The van der Waals surface area contributed by atoms with Crippen molar-refractivity contribution in [1.29, 1.82) is 0 Å². The molecule has 1 heterocycles. The van der Waals surface area contributed by atoms with Crippen molar-refractivity contribution in [2.75, 3.05) is 5.43 Å². The maximum atomic E-state index is 5.97. The highest BCUT2D eigenvalue weighted by molar-refractivity contribution is 6.42. The number of nitrogens with zero attached hydrogens (tertiary/aromatic N) is 2. The number of nitrogens with two attached hydrogens (primary N) is 1. The van der Waals surface area contributed by atoms with E-state index in [1.54, 1.807) is 24.3 Å². The Balaban J connectivity index is 2.36. The van der Waals surface area contributed by atoms with Crippen LogP contribution >= 0.6 is 23.2 Å². The van der Waals surface area contributed by atoms with Gasteiger partial charge in [-0.1, -0.05) is 44.0 Å². The van der Waals surface area contributed by atoms with Crippen LogP contribution < -0.4 is 16.0 Å². The Bertz CT molecular complexity index is 656. The Morgan fingerprint density at radius 3 is 2.38 bits per heavy atom. The molecular weight excluding hydrogens is 311 g/mol. The number of hydrogen-bond donors (Lipinski definition) is 2. The van der Waals surface area contributed by atoms with Crippen LogP contribution in [0.3, 0.4) is 0 Å². The fourth-order valence-corrected chi connectivity index (χ4v) is 1.84. The molecule has 2 aromatic rings. The average molecular weight is 327 g/mol. The summed E-state index contributed by atoms with van der Waals surface area (Å²) in [5.74, 6) is 7.44. The summed E-state index contributed by atoms with van der Waals surface area (Å²) in [6.07, 6.45) is 0. The minimum Gasteiger partial charge on any atom is -0.439 e. The molecule has 0 aliphatic carbocycles. The van der Waals surface area contributed by atoms with E-state index in [1.165, 1.54) is 0 Å². The monoisotopic (exact) mass is 326 g/mol.